The first kappa shape index (κ1) is 11.7. The van der Waals surface area contributed by atoms with E-state index in [2.05, 4.69) is 20.3 Å². The number of rotatable bonds is 4. The smallest absolute Gasteiger partial charge is 0.0890 e. The van der Waals surface area contributed by atoms with Gasteiger partial charge in [-0.2, -0.15) is 0 Å². The number of fused-ring (bicyclic) bond motifs is 1. The van der Waals surface area contributed by atoms with Gasteiger partial charge in [0, 0.05) is 25.5 Å². The topological polar surface area (TPSA) is 50.7 Å². The molecule has 0 aliphatic carbocycles. The monoisotopic (exact) mass is 250 g/mol. The van der Waals surface area contributed by atoms with Gasteiger partial charge < -0.3 is 5.32 Å². The Balaban J connectivity index is 1.65. The fourth-order valence-electron chi connectivity index (χ4n) is 1.92. The molecular formula is C15H14N4. The quantitative estimate of drug-likeness (QED) is 0.772. The molecule has 0 aliphatic rings. The van der Waals surface area contributed by atoms with E-state index in [1.807, 2.05) is 48.8 Å². The fraction of sp³-hybridized carbons (Fsp3) is 0.133. The molecule has 0 amide bonds. The van der Waals surface area contributed by atoms with Crippen molar-refractivity contribution in [3.8, 4) is 0 Å². The second-order valence-corrected chi connectivity index (χ2v) is 4.31. The van der Waals surface area contributed by atoms with Crippen molar-refractivity contribution in [2.75, 3.05) is 0 Å². The number of benzene rings is 1. The average Bonchev–Trinajstić information content (AvgIpc) is 2.48. The average molecular weight is 250 g/mol. The third-order valence-electron chi connectivity index (χ3n) is 2.86. The standard InChI is InChI=1S/C15H14N4/c1-2-6-15-14(5-1)18-11-13(19-15)10-17-9-12-4-3-7-16-8-12/h1-8,11,17H,9-10H2. The zero-order chi connectivity index (χ0) is 12.9. The number of pyridine rings is 1. The van der Waals surface area contributed by atoms with Crippen LogP contribution in [-0.2, 0) is 13.1 Å². The molecule has 94 valence electrons. The maximum Gasteiger partial charge on any atom is 0.0890 e. The SMILES string of the molecule is c1cncc(CNCc2cnc3ccccc3n2)c1. The van der Waals surface area contributed by atoms with E-state index in [1.54, 1.807) is 6.20 Å². The van der Waals surface area contributed by atoms with Gasteiger partial charge in [0.15, 0.2) is 0 Å². The summed E-state index contributed by atoms with van der Waals surface area (Å²) in [5.74, 6) is 0. The van der Waals surface area contributed by atoms with Gasteiger partial charge in [0.05, 0.1) is 22.9 Å². The van der Waals surface area contributed by atoms with Crippen molar-refractivity contribution in [3.05, 3.63) is 66.2 Å². The molecule has 2 heterocycles. The van der Waals surface area contributed by atoms with Crippen LogP contribution in [0.4, 0.5) is 0 Å². The zero-order valence-electron chi connectivity index (χ0n) is 10.5. The van der Waals surface area contributed by atoms with Crippen molar-refractivity contribution in [2.45, 2.75) is 13.1 Å². The van der Waals surface area contributed by atoms with Gasteiger partial charge in [-0.05, 0) is 23.8 Å². The van der Waals surface area contributed by atoms with E-state index >= 15 is 0 Å². The number of para-hydroxylation sites is 2. The Kier molecular flexibility index (Phi) is 3.42. The highest BCUT2D eigenvalue weighted by atomic mass is 14.9. The first-order valence-electron chi connectivity index (χ1n) is 6.22. The Morgan fingerprint density at radius 2 is 1.79 bits per heavy atom. The fourth-order valence-corrected chi connectivity index (χ4v) is 1.92. The summed E-state index contributed by atoms with van der Waals surface area (Å²) in [6.07, 6.45) is 5.45. The summed E-state index contributed by atoms with van der Waals surface area (Å²) in [7, 11) is 0. The van der Waals surface area contributed by atoms with E-state index in [0.29, 0.717) is 6.54 Å². The molecule has 0 atom stereocenters. The molecule has 3 aromatic rings. The third kappa shape index (κ3) is 2.92. The molecule has 0 fully saturated rings. The lowest BCUT2D eigenvalue weighted by atomic mass is 10.2. The highest BCUT2D eigenvalue weighted by Gasteiger charge is 1.99. The Hall–Kier alpha value is -2.33. The van der Waals surface area contributed by atoms with Crippen LogP contribution in [0.3, 0.4) is 0 Å². The summed E-state index contributed by atoms with van der Waals surface area (Å²) in [6.45, 7) is 1.48. The zero-order valence-corrected chi connectivity index (χ0v) is 10.5. The predicted octanol–water partition coefficient (Wildman–Crippen LogP) is 2.31. The van der Waals surface area contributed by atoms with Crippen LogP contribution in [0.25, 0.3) is 11.0 Å². The van der Waals surface area contributed by atoms with E-state index < -0.39 is 0 Å². The summed E-state index contributed by atoms with van der Waals surface area (Å²) in [6, 6.07) is 11.9. The predicted molar refractivity (Wildman–Crippen MR) is 74.3 cm³/mol. The lowest BCUT2D eigenvalue weighted by Gasteiger charge is -2.05. The van der Waals surface area contributed by atoms with Crippen molar-refractivity contribution in [2.24, 2.45) is 0 Å². The van der Waals surface area contributed by atoms with Crippen molar-refractivity contribution in [3.63, 3.8) is 0 Å². The van der Waals surface area contributed by atoms with Crippen molar-refractivity contribution in [1.82, 2.24) is 20.3 Å². The normalized spacial score (nSPS) is 10.7. The summed E-state index contributed by atoms with van der Waals surface area (Å²) < 4.78 is 0. The lowest BCUT2D eigenvalue weighted by molar-refractivity contribution is 0.678. The molecule has 0 saturated heterocycles. The Morgan fingerprint density at radius 3 is 2.63 bits per heavy atom. The molecule has 0 saturated carbocycles. The van der Waals surface area contributed by atoms with Crippen LogP contribution in [-0.4, -0.2) is 15.0 Å². The van der Waals surface area contributed by atoms with E-state index in [0.717, 1.165) is 28.8 Å². The summed E-state index contributed by atoms with van der Waals surface area (Å²) >= 11 is 0. The molecule has 0 aliphatic heterocycles. The molecule has 0 radical (unpaired) electrons. The van der Waals surface area contributed by atoms with E-state index in [9.17, 15) is 0 Å². The first-order chi connectivity index (χ1) is 9.42. The van der Waals surface area contributed by atoms with Crippen LogP contribution in [0.2, 0.25) is 0 Å². The molecule has 4 heteroatoms. The molecule has 2 aromatic heterocycles. The maximum atomic E-state index is 4.57. The second-order valence-electron chi connectivity index (χ2n) is 4.31. The number of nitrogens with one attached hydrogen (secondary N) is 1. The summed E-state index contributed by atoms with van der Waals surface area (Å²) in [4.78, 5) is 13.0. The number of aromatic nitrogens is 3. The van der Waals surface area contributed by atoms with Crippen LogP contribution in [0.5, 0.6) is 0 Å². The Morgan fingerprint density at radius 1 is 0.895 bits per heavy atom. The molecular weight excluding hydrogens is 236 g/mol. The highest BCUT2D eigenvalue weighted by Crippen LogP contribution is 2.08. The van der Waals surface area contributed by atoms with Crippen LogP contribution >= 0.6 is 0 Å². The molecule has 0 unspecified atom stereocenters. The highest BCUT2D eigenvalue weighted by molar-refractivity contribution is 5.73. The van der Waals surface area contributed by atoms with Crippen molar-refractivity contribution < 1.29 is 0 Å². The molecule has 1 N–H and O–H groups in total. The molecule has 0 bridgehead atoms. The van der Waals surface area contributed by atoms with Crippen LogP contribution in [0.15, 0.2) is 55.0 Å². The number of hydrogen-bond acceptors (Lipinski definition) is 4. The molecule has 3 rings (SSSR count). The number of nitrogens with zero attached hydrogens (tertiary/aromatic N) is 3. The minimum atomic E-state index is 0.701. The van der Waals surface area contributed by atoms with E-state index in [1.165, 1.54) is 0 Å². The largest absolute Gasteiger partial charge is 0.307 e. The van der Waals surface area contributed by atoms with Gasteiger partial charge in [-0.1, -0.05) is 18.2 Å². The minimum Gasteiger partial charge on any atom is -0.307 e. The van der Waals surface area contributed by atoms with Gasteiger partial charge in [0.2, 0.25) is 0 Å². The van der Waals surface area contributed by atoms with Crippen LogP contribution < -0.4 is 5.32 Å². The summed E-state index contributed by atoms with van der Waals surface area (Å²) in [5.41, 5.74) is 3.97. The van der Waals surface area contributed by atoms with Gasteiger partial charge in [-0.25, -0.2) is 4.98 Å². The molecule has 0 spiro atoms. The van der Waals surface area contributed by atoms with Gasteiger partial charge in [0.25, 0.3) is 0 Å². The third-order valence-corrected chi connectivity index (χ3v) is 2.86. The van der Waals surface area contributed by atoms with Crippen molar-refractivity contribution in [1.29, 1.82) is 0 Å². The first-order valence-corrected chi connectivity index (χ1v) is 6.22. The van der Waals surface area contributed by atoms with Gasteiger partial charge in [-0.3, -0.25) is 9.97 Å². The van der Waals surface area contributed by atoms with E-state index in [-0.39, 0.29) is 0 Å². The maximum absolute atomic E-state index is 4.57. The molecule has 4 nitrogen and oxygen atoms in total. The second kappa shape index (κ2) is 5.54. The minimum absolute atomic E-state index is 0.701. The summed E-state index contributed by atoms with van der Waals surface area (Å²) in [5, 5.41) is 3.34. The van der Waals surface area contributed by atoms with Gasteiger partial charge in [-0.15, -0.1) is 0 Å². The van der Waals surface area contributed by atoms with Gasteiger partial charge in [0.1, 0.15) is 0 Å². The molecule has 19 heavy (non-hydrogen) atoms. The Labute approximate surface area is 111 Å². The lowest BCUT2D eigenvalue weighted by Crippen LogP contribution is -2.14. The van der Waals surface area contributed by atoms with Crippen molar-refractivity contribution >= 4 is 11.0 Å². The Bertz CT molecular complexity index is 667. The number of hydrogen-bond donors (Lipinski definition) is 1. The molecule has 1 aromatic carbocycles. The van der Waals surface area contributed by atoms with E-state index in [4.69, 9.17) is 0 Å². The van der Waals surface area contributed by atoms with Gasteiger partial charge >= 0.3 is 0 Å². The van der Waals surface area contributed by atoms with Crippen LogP contribution in [0.1, 0.15) is 11.3 Å². The van der Waals surface area contributed by atoms with Crippen LogP contribution in [0, 0.1) is 0 Å².